The quantitative estimate of drug-likeness (QED) is 0.810. The Labute approximate surface area is 151 Å². The van der Waals surface area contributed by atoms with E-state index in [0.717, 1.165) is 5.56 Å². The SMILES string of the molecule is NC1(CNC(=O)c2occc(=O)c2OCc2ccccc2)CCOCC1. The number of hydrogen-bond acceptors (Lipinski definition) is 6. The van der Waals surface area contributed by atoms with Gasteiger partial charge in [-0.05, 0) is 18.4 Å². The predicted octanol–water partition coefficient (Wildman–Crippen LogP) is 1.46. The van der Waals surface area contributed by atoms with Crippen molar-refractivity contribution in [3.8, 4) is 5.75 Å². The Hall–Kier alpha value is -2.64. The van der Waals surface area contributed by atoms with Crippen molar-refractivity contribution in [2.24, 2.45) is 5.73 Å². The van der Waals surface area contributed by atoms with Crippen LogP contribution in [-0.2, 0) is 11.3 Å². The number of nitrogens with one attached hydrogen (secondary N) is 1. The lowest BCUT2D eigenvalue weighted by atomic mass is 9.91. The Morgan fingerprint density at radius 3 is 2.65 bits per heavy atom. The molecule has 7 heteroatoms. The van der Waals surface area contributed by atoms with Crippen molar-refractivity contribution in [2.75, 3.05) is 19.8 Å². The fourth-order valence-electron chi connectivity index (χ4n) is 2.72. The molecule has 2 heterocycles. The van der Waals surface area contributed by atoms with Crippen LogP contribution in [0.15, 0.2) is 51.9 Å². The smallest absolute Gasteiger partial charge is 0.291 e. The number of hydrogen-bond donors (Lipinski definition) is 2. The Morgan fingerprint density at radius 1 is 1.19 bits per heavy atom. The van der Waals surface area contributed by atoms with Crippen LogP contribution >= 0.6 is 0 Å². The molecule has 0 atom stereocenters. The second-order valence-corrected chi connectivity index (χ2v) is 6.37. The van der Waals surface area contributed by atoms with E-state index in [0.29, 0.717) is 26.1 Å². The molecule has 26 heavy (non-hydrogen) atoms. The maximum absolute atomic E-state index is 12.5. The first-order chi connectivity index (χ1) is 12.6. The average Bonchev–Trinajstić information content (AvgIpc) is 2.66. The lowest BCUT2D eigenvalue weighted by Gasteiger charge is -2.33. The van der Waals surface area contributed by atoms with Gasteiger partial charge in [0.1, 0.15) is 6.61 Å². The lowest BCUT2D eigenvalue weighted by molar-refractivity contribution is 0.0514. The molecule has 0 bridgehead atoms. The minimum Gasteiger partial charge on any atom is -0.481 e. The van der Waals surface area contributed by atoms with Crippen LogP contribution in [0.3, 0.4) is 0 Å². The second kappa shape index (κ2) is 8.16. The molecule has 0 spiro atoms. The van der Waals surface area contributed by atoms with Crippen LogP contribution < -0.4 is 21.2 Å². The van der Waals surface area contributed by atoms with Gasteiger partial charge in [0.05, 0.1) is 6.26 Å². The molecule has 7 nitrogen and oxygen atoms in total. The summed E-state index contributed by atoms with van der Waals surface area (Å²) < 4.78 is 16.1. The number of nitrogens with two attached hydrogens (primary N) is 1. The molecule has 0 unspecified atom stereocenters. The van der Waals surface area contributed by atoms with Crippen molar-refractivity contribution in [1.29, 1.82) is 0 Å². The minimum absolute atomic E-state index is 0.105. The fourth-order valence-corrected chi connectivity index (χ4v) is 2.72. The van der Waals surface area contributed by atoms with E-state index >= 15 is 0 Å². The second-order valence-electron chi connectivity index (χ2n) is 6.37. The summed E-state index contributed by atoms with van der Waals surface area (Å²) in [5.41, 5.74) is 6.22. The fraction of sp³-hybridized carbons (Fsp3) is 0.368. The van der Waals surface area contributed by atoms with Crippen LogP contribution in [-0.4, -0.2) is 31.2 Å². The van der Waals surface area contributed by atoms with Gasteiger partial charge in [0.2, 0.25) is 16.9 Å². The maximum atomic E-state index is 12.5. The molecule has 1 aliphatic heterocycles. The number of benzene rings is 1. The van der Waals surface area contributed by atoms with Crippen LogP contribution in [0.5, 0.6) is 5.75 Å². The monoisotopic (exact) mass is 358 g/mol. The molecular formula is C19H22N2O5. The van der Waals surface area contributed by atoms with Gasteiger partial charge in [0.15, 0.2) is 0 Å². The third-order valence-corrected chi connectivity index (χ3v) is 4.36. The topological polar surface area (TPSA) is 104 Å². The third kappa shape index (κ3) is 4.50. The van der Waals surface area contributed by atoms with Crippen molar-refractivity contribution < 1.29 is 18.7 Å². The van der Waals surface area contributed by atoms with Crippen molar-refractivity contribution >= 4 is 5.91 Å². The molecule has 0 aliphatic carbocycles. The van der Waals surface area contributed by atoms with Gasteiger partial charge in [-0.2, -0.15) is 0 Å². The highest BCUT2D eigenvalue weighted by atomic mass is 16.5. The zero-order chi connectivity index (χ0) is 18.4. The molecular weight excluding hydrogens is 336 g/mol. The van der Waals surface area contributed by atoms with Gasteiger partial charge >= 0.3 is 0 Å². The Morgan fingerprint density at radius 2 is 1.92 bits per heavy atom. The first-order valence-electron chi connectivity index (χ1n) is 8.51. The molecule has 1 fully saturated rings. The molecule has 1 aromatic carbocycles. The number of carbonyl (C=O) groups is 1. The van der Waals surface area contributed by atoms with E-state index in [9.17, 15) is 9.59 Å². The standard InChI is InChI=1S/C19H22N2O5/c20-19(7-10-24-11-8-19)13-21-18(23)17-16(15(22)6-9-25-17)26-12-14-4-2-1-3-5-14/h1-6,9H,7-8,10-13,20H2,(H,21,23). The molecule has 3 rings (SSSR count). The van der Waals surface area contributed by atoms with Gasteiger partial charge in [-0.3, -0.25) is 9.59 Å². The van der Waals surface area contributed by atoms with E-state index in [1.165, 1.54) is 12.3 Å². The summed E-state index contributed by atoms with van der Waals surface area (Å²) in [6.07, 6.45) is 2.49. The summed E-state index contributed by atoms with van der Waals surface area (Å²) in [5.74, 6) is -0.780. The van der Waals surface area contributed by atoms with E-state index in [1.807, 2.05) is 30.3 Å². The van der Waals surface area contributed by atoms with E-state index in [4.69, 9.17) is 19.6 Å². The Kier molecular flexibility index (Phi) is 5.70. The molecule has 0 radical (unpaired) electrons. The lowest BCUT2D eigenvalue weighted by Crippen LogP contribution is -2.53. The Balaban J connectivity index is 1.69. The summed E-state index contributed by atoms with van der Waals surface area (Å²) in [6, 6.07) is 10.6. The maximum Gasteiger partial charge on any atom is 0.291 e. The highest BCUT2D eigenvalue weighted by molar-refractivity contribution is 5.93. The van der Waals surface area contributed by atoms with Gasteiger partial charge in [-0.25, -0.2) is 0 Å². The first kappa shape index (κ1) is 18.2. The van der Waals surface area contributed by atoms with Gasteiger partial charge in [-0.1, -0.05) is 30.3 Å². The van der Waals surface area contributed by atoms with Gasteiger partial charge in [0, 0.05) is 31.4 Å². The number of rotatable bonds is 6. The van der Waals surface area contributed by atoms with Gasteiger partial charge in [0.25, 0.3) is 5.91 Å². The van der Waals surface area contributed by atoms with E-state index < -0.39 is 16.9 Å². The third-order valence-electron chi connectivity index (χ3n) is 4.36. The van der Waals surface area contributed by atoms with E-state index in [1.54, 1.807) is 0 Å². The van der Waals surface area contributed by atoms with Gasteiger partial charge in [-0.15, -0.1) is 0 Å². The zero-order valence-electron chi connectivity index (χ0n) is 14.4. The summed E-state index contributed by atoms with van der Waals surface area (Å²) in [6.45, 7) is 1.57. The summed E-state index contributed by atoms with van der Waals surface area (Å²) in [5, 5.41) is 2.74. The van der Waals surface area contributed by atoms with Crippen molar-refractivity contribution in [1.82, 2.24) is 5.32 Å². The van der Waals surface area contributed by atoms with Crippen LogP contribution in [0.2, 0.25) is 0 Å². The highest BCUT2D eigenvalue weighted by Gasteiger charge is 2.29. The summed E-state index contributed by atoms with van der Waals surface area (Å²) in [7, 11) is 0. The molecule has 3 N–H and O–H groups in total. The van der Waals surface area contributed by atoms with Crippen molar-refractivity contribution in [2.45, 2.75) is 25.0 Å². The molecule has 2 aromatic rings. The minimum atomic E-state index is -0.526. The Bertz CT molecular complexity index is 797. The predicted molar refractivity (Wildman–Crippen MR) is 95.1 cm³/mol. The summed E-state index contributed by atoms with van der Waals surface area (Å²) in [4.78, 5) is 24.6. The largest absolute Gasteiger partial charge is 0.481 e. The molecule has 138 valence electrons. The van der Waals surface area contributed by atoms with E-state index in [2.05, 4.69) is 5.32 Å². The number of amides is 1. The molecule has 1 amide bonds. The molecule has 1 aliphatic rings. The van der Waals surface area contributed by atoms with Gasteiger partial charge < -0.3 is 24.9 Å². The van der Waals surface area contributed by atoms with Crippen molar-refractivity contribution in [3.63, 3.8) is 0 Å². The number of carbonyl (C=O) groups excluding carboxylic acids is 1. The number of ether oxygens (including phenoxy) is 2. The first-order valence-corrected chi connectivity index (χ1v) is 8.51. The molecule has 1 saturated heterocycles. The van der Waals surface area contributed by atoms with Crippen LogP contribution in [0, 0.1) is 0 Å². The average molecular weight is 358 g/mol. The van der Waals surface area contributed by atoms with Crippen LogP contribution in [0.4, 0.5) is 0 Å². The normalized spacial score (nSPS) is 16.0. The molecule has 0 saturated carbocycles. The highest BCUT2D eigenvalue weighted by Crippen LogP contribution is 2.18. The summed E-state index contributed by atoms with van der Waals surface area (Å²) >= 11 is 0. The van der Waals surface area contributed by atoms with E-state index in [-0.39, 0.29) is 24.7 Å². The molecule has 1 aromatic heterocycles. The zero-order valence-corrected chi connectivity index (χ0v) is 14.4. The van der Waals surface area contributed by atoms with Crippen LogP contribution in [0.1, 0.15) is 29.0 Å². The van der Waals surface area contributed by atoms with Crippen LogP contribution in [0.25, 0.3) is 0 Å². The van der Waals surface area contributed by atoms with Crippen molar-refractivity contribution in [3.05, 3.63) is 64.2 Å².